The molecule has 0 spiro atoms. The van der Waals surface area contributed by atoms with Crippen molar-refractivity contribution in [3.63, 3.8) is 0 Å². The van der Waals surface area contributed by atoms with Gasteiger partial charge in [-0.3, -0.25) is 4.79 Å². The molecule has 0 unspecified atom stereocenters. The quantitative estimate of drug-likeness (QED) is 0.626. The Bertz CT molecular complexity index is 520. The molecule has 1 heterocycles. The van der Waals surface area contributed by atoms with Gasteiger partial charge in [0.2, 0.25) is 0 Å². The highest BCUT2D eigenvalue weighted by atomic mass is 79.9. The van der Waals surface area contributed by atoms with Gasteiger partial charge in [-0.25, -0.2) is 9.59 Å². The zero-order chi connectivity index (χ0) is 15.8. The average Bonchev–Trinajstić information content (AvgIpc) is 2.86. The number of urea groups is 1. The number of esters is 1. The van der Waals surface area contributed by atoms with Crippen LogP contribution in [0.25, 0.3) is 0 Å². The number of aliphatic carboxylic acids is 1. The molecule has 116 valence electrons. The lowest BCUT2D eigenvalue weighted by Crippen LogP contribution is -2.45. The highest BCUT2D eigenvalue weighted by molar-refractivity contribution is 9.11. The number of amides is 2. The highest BCUT2D eigenvalue weighted by Crippen LogP contribution is 2.21. The summed E-state index contributed by atoms with van der Waals surface area (Å²) >= 11 is 4.78. The van der Waals surface area contributed by atoms with Crippen LogP contribution in [0, 0.1) is 0 Å². The number of thiophene rings is 1. The molecule has 0 aliphatic rings. The minimum atomic E-state index is -1.20. The van der Waals surface area contributed by atoms with Crippen LogP contribution in [0.3, 0.4) is 0 Å². The van der Waals surface area contributed by atoms with Crippen LogP contribution in [0.15, 0.2) is 15.9 Å². The molecule has 1 atom stereocenters. The lowest BCUT2D eigenvalue weighted by Gasteiger charge is -2.14. The van der Waals surface area contributed by atoms with Crippen molar-refractivity contribution in [3.05, 3.63) is 20.8 Å². The third-order valence-electron chi connectivity index (χ3n) is 2.52. The summed E-state index contributed by atoms with van der Waals surface area (Å²) in [6.07, 6.45) is -0.106. The Kier molecular flexibility index (Phi) is 7.17. The Morgan fingerprint density at radius 3 is 2.67 bits per heavy atom. The molecular formula is C12H15BrN2O5S. The van der Waals surface area contributed by atoms with Gasteiger partial charge >= 0.3 is 18.0 Å². The van der Waals surface area contributed by atoms with Gasteiger partial charge in [-0.05, 0) is 34.5 Å². The number of halogens is 1. The summed E-state index contributed by atoms with van der Waals surface area (Å²) in [5.74, 6) is -1.72. The fourth-order valence-corrected chi connectivity index (χ4v) is 2.87. The van der Waals surface area contributed by atoms with Crippen molar-refractivity contribution in [1.29, 1.82) is 0 Å². The van der Waals surface area contributed by atoms with E-state index in [9.17, 15) is 14.4 Å². The van der Waals surface area contributed by atoms with Gasteiger partial charge in [-0.2, -0.15) is 0 Å². The number of ether oxygens (including phenoxy) is 1. The summed E-state index contributed by atoms with van der Waals surface area (Å²) < 4.78 is 5.38. The van der Waals surface area contributed by atoms with E-state index in [1.807, 2.05) is 12.1 Å². The van der Waals surface area contributed by atoms with E-state index in [0.717, 1.165) is 8.66 Å². The second kappa shape index (κ2) is 8.63. The first-order valence-electron chi connectivity index (χ1n) is 6.00. The molecule has 0 aromatic carbocycles. The van der Waals surface area contributed by atoms with Crippen molar-refractivity contribution in [2.45, 2.75) is 25.4 Å². The number of carbonyl (C=O) groups is 3. The Labute approximate surface area is 133 Å². The maximum absolute atomic E-state index is 11.6. The van der Waals surface area contributed by atoms with Gasteiger partial charge in [0.05, 0.1) is 17.4 Å². The van der Waals surface area contributed by atoms with Crippen LogP contribution in [0.1, 0.15) is 17.7 Å². The van der Waals surface area contributed by atoms with Crippen LogP contribution in [-0.2, 0) is 20.9 Å². The average molecular weight is 379 g/mol. The molecule has 9 heteroatoms. The van der Waals surface area contributed by atoms with E-state index < -0.39 is 24.0 Å². The lowest BCUT2D eigenvalue weighted by molar-refractivity contribution is -0.142. The van der Waals surface area contributed by atoms with Crippen LogP contribution >= 0.6 is 27.3 Å². The van der Waals surface area contributed by atoms with Crippen LogP contribution in [0.5, 0.6) is 0 Å². The van der Waals surface area contributed by atoms with E-state index in [2.05, 4.69) is 31.3 Å². The molecule has 2 amide bonds. The molecule has 0 saturated carbocycles. The van der Waals surface area contributed by atoms with Crippen molar-refractivity contribution >= 4 is 45.2 Å². The standard InChI is InChI=1S/C12H15BrN2O5S/c1-20-10(16)5-3-8(11(17)18)15-12(19)14-6-7-2-4-9(13)21-7/h2,4,8H,3,5-6H2,1H3,(H,17,18)(H2,14,15,19)/t8-/m0/s1. The van der Waals surface area contributed by atoms with E-state index in [0.29, 0.717) is 6.54 Å². The van der Waals surface area contributed by atoms with Crippen LogP contribution in [-0.4, -0.2) is 36.2 Å². The molecule has 1 rings (SSSR count). The molecule has 1 aromatic rings. The lowest BCUT2D eigenvalue weighted by atomic mass is 10.1. The number of hydrogen-bond donors (Lipinski definition) is 3. The van der Waals surface area contributed by atoms with Crippen molar-refractivity contribution in [2.24, 2.45) is 0 Å². The maximum Gasteiger partial charge on any atom is 0.326 e. The summed E-state index contributed by atoms with van der Waals surface area (Å²) in [5, 5.41) is 13.9. The number of carbonyl (C=O) groups excluding carboxylic acids is 2. The molecule has 0 aliphatic carbocycles. The molecule has 3 N–H and O–H groups in total. The molecule has 0 radical (unpaired) electrons. The van der Waals surface area contributed by atoms with Crippen molar-refractivity contribution in [2.75, 3.05) is 7.11 Å². The third-order valence-corrected chi connectivity index (χ3v) is 4.14. The number of rotatable bonds is 7. The largest absolute Gasteiger partial charge is 0.480 e. The fourth-order valence-electron chi connectivity index (χ4n) is 1.45. The van der Waals surface area contributed by atoms with Gasteiger partial charge in [0.15, 0.2) is 0 Å². The molecular weight excluding hydrogens is 364 g/mol. The smallest absolute Gasteiger partial charge is 0.326 e. The van der Waals surface area contributed by atoms with Gasteiger partial charge < -0.3 is 20.5 Å². The van der Waals surface area contributed by atoms with Gasteiger partial charge in [0, 0.05) is 11.3 Å². The zero-order valence-electron chi connectivity index (χ0n) is 11.2. The monoisotopic (exact) mass is 378 g/mol. The molecule has 0 aliphatic heterocycles. The van der Waals surface area contributed by atoms with Crippen LogP contribution in [0.2, 0.25) is 0 Å². The molecule has 7 nitrogen and oxygen atoms in total. The number of methoxy groups -OCH3 is 1. The molecule has 1 aromatic heterocycles. The second-order valence-electron chi connectivity index (χ2n) is 4.04. The molecule has 0 fully saturated rings. The van der Waals surface area contributed by atoms with Gasteiger partial charge in [-0.15, -0.1) is 11.3 Å². The fraction of sp³-hybridized carbons (Fsp3) is 0.417. The number of carboxylic acids is 1. The Hall–Kier alpha value is -1.61. The predicted octanol–water partition coefficient (Wildman–Crippen LogP) is 1.72. The van der Waals surface area contributed by atoms with E-state index in [-0.39, 0.29) is 12.8 Å². The van der Waals surface area contributed by atoms with E-state index in [4.69, 9.17) is 5.11 Å². The summed E-state index contributed by atoms with van der Waals surface area (Å²) in [5.41, 5.74) is 0. The molecule has 0 saturated heterocycles. The first-order valence-corrected chi connectivity index (χ1v) is 7.61. The van der Waals surface area contributed by atoms with Gasteiger partial charge in [0.1, 0.15) is 6.04 Å². The first kappa shape index (κ1) is 17.4. The SMILES string of the molecule is COC(=O)CC[C@H](NC(=O)NCc1ccc(Br)s1)C(=O)O. The Morgan fingerprint density at radius 2 is 2.14 bits per heavy atom. The van der Waals surface area contributed by atoms with Crippen LogP contribution in [0.4, 0.5) is 4.79 Å². The van der Waals surface area contributed by atoms with Gasteiger partial charge in [-0.1, -0.05) is 0 Å². The van der Waals surface area contributed by atoms with E-state index in [1.165, 1.54) is 18.4 Å². The topological polar surface area (TPSA) is 105 Å². The van der Waals surface area contributed by atoms with E-state index >= 15 is 0 Å². The normalized spacial score (nSPS) is 11.5. The molecule has 0 bridgehead atoms. The van der Waals surface area contributed by atoms with Crippen molar-refractivity contribution in [3.8, 4) is 0 Å². The van der Waals surface area contributed by atoms with Crippen molar-refractivity contribution < 1.29 is 24.2 Å². The van der Waals surface area contributed by atoms with E-state index in [1.54, 1.807) is 0 Å². The third kappa shape index (κ3) is 6.58. The second-order valence-corrected chi connectivity index (χ2v) is 6.59. The summed E-state index contributed by atoms with van der Waals surface area (Å²) in [6.45, 7) is 0.297. The van der Waals surface area contributed by atoms with Crippen molar-refractivity contribution in [1.82, 2.24) is 10.6 Å². The zero-order valence-corrected chi connectivity index (χ0v) is 13.6. The summed E-state index contributed by atoms with van der Waals surface area (Å²) in [7, 11) is 1.22. The summed E-state index contributed by atoms with van der Waals surface area (Å²) in [4.78, 5) is 34.6. The molecule has 21 heavy (non-hydrogen) atoms. The first-order chi connectivity index (χ1) is 9.92. The highest BCUT2D eigenvalue weighted by Gasteiger charge is 2.21. The Morgan fingerprint density at radius 1 is 1.43 bits per heavy atom. The van der Waals surface area contributed by atoms with Crippen LogP contribution < -0.4 is 10.6 Å². The number of nitrogens with one attached hydrogen (secondary N) is 2. The predicted molar refractivity (Wildman–Crippen MR) is 80.1 cm³/mol. The number of carboxylic acid groups (broad SMARTS) is 1. The van der Waals surface area contributed by atoms with Gasteiger partial charge in [0.25, 0.3) is 0 Å². The summed E-state index contributed by atoms with van der Waals surface area (Å²) in [6, 6.07) is 1.97. The Balaban J connectivity index is 2.41. The number of hydrogen-bond acceptors (Lipinski definition) is 5. The minimum absolute atomic E-state index is 0.0278. The maximum atomic E-state index is 11.6. The minimum Gasteiger partial charge on any atom is -0.480 e.